The van der Waals surface area contributed by atoms with Crippen molar-refractivity contribution in [2.45, 2.75) is 50.9 Å². The topological polar surface area (TPSA) is 125 Å². The maximum atomic E-state index is 13.8. The van der Waals surface area contributed by atoms with Crippen molar-refractivity contribution in [1.29, 1.82) is 0 Å². The lowest BCUT2D eigenvalue weighted by molar-refractivity contribution is 0.0696. The Hall–Kier alpha value is -4.22. The van der Waals surface area contributed by atoms with Crippen molar-refractivity contribution in [3.8, 4) is 28.5 Å². The van der Waals surface area contributed by atoms with Gasteiger partial charge in [-0.3, -0.25) is 4.79 Å². The van der Waals surface area contributed by atoms with Gasteiger partial charge in [-0.2, -0.15) is 0 Å². The highest BCUT2D eigenvalue weighted by Crippen LogP contribution is 2.44. The third-order valence-corrected chi connectivity index (χ3v) is 11.1. The Morgan fingerprint density at radius 3 is 2.57 bits per heavy atom. The molecule has 2 saturated carbocycles. The lowest BCUT2D eigenvalue weighted by atomic mass is 10.0. The molecule has 8 rings (SSSR count). The van der Waals surface area contributed by atoms with Gasteiger partial charge < -0.3 is 18.8 Å². The normalized spacial score (nSPS) is 21.1. The Morgan fingerprint density at radius 1 is 1.04 bits per heavy atom. The highest BCUT2D eigenvalue weighted by atomic mass is 32.2. The van der Waals surface area contributed by atoms with Crippen LogP contribution in [-0.2, 0) is 29.4 Å². The van der Waals surface area contributed by atoms with Crippen molar-refractivity contribution < 1.29 is 17.9 Å². The van der Waals surface area contributed by atoms with Crippen molar-refractivity contribution >= 4 is 38.0 Å². The standard InChI is InChI=1S/C35H38N6O4S/c1-20-25-10-12-29(20)41(18-25)35(42)26-14-28-32(31(16-26)45-3)39(2)34(38-28)30-15-24-9-11-27(37-33(24)40(30)17-21-7-8-21)23-6-4-5-22(13-23)19-46(36,43)44/h4-6,9,11,13-16,20-21,25,29H,7-8,10,12,17-19H2,1-3H3,(H2,36,43,44)/t20-,25?,29?/m1/s1. The van der Waals surface area contributed by atoms with E-state index in [0.717, 1.165) is 64.4 Å². The van der Waals surface area contributed by atoms with Crippen molar-refractivity contribution in [3.63, 3.8) is 0 Å². The summed E-state index contributed by atoms with van der Waals surface area (Å²) in [5, 5.41) is 6.30. The number of hydrogen-bond acceptors (Lipinski definition) is 6. The Labute approximate surface area is 268 Å². The number of benzene rings is 2. The van der Waals surface area contributed by atoms with Crippen molar-refractivity contribution in [3.05, 3.63) is 65.7 Å². The number of primary sulfonamides is 1. The lowest BCUT2D eigenvalue weighted by Crippen LogP contribution is -2.38. The van der Waals surface area contributed by atoms with Gasteiger partial charge in [0.15, 0.2) is 5.82 Å². The van der Waals surface area contributed by atoms with E-state index in [4.69, 9.17) is 19.8 Å². The second-order valence-corrected chi connectivity index (χ2v) is 15.1. The van der Waals surface area contributed by atoms with Crippen LogP contribution in [0.3, 0.4) is 0 Å². The summed E-state index contributed by atoms with van der Waals surface area (Å²) in [5.41, 5.74) is 6.19. The molecule has 4 heterocycles. The monoisotopic (exact) mass is 638 g/mol. The first-order chi connectivity index (χ1) is 22.1. The molecular formula is C35H38N6O4S. The molecule has 3 aromatic heterocycles. The van der Waals surface area contributed by atoms with Crippen molar-refractivity contribution in [2.75, 3.05) is 13.7 Å². The van der Waals surface area contributed by atoms with Crippen molar-refractivity contribution in [1.82, 2.24) is 24.0 Å². The van der Waals surface area contributed by atoms with Crippen LogP contribution in [0, 0.1) is 17.8 Å². The number of imidazole rings is 1. The summed E-state index contributed by atoms with van der Waals surface area (Å²) >= 11 is 0. The Balaban J connectivity index is 1.22. The first-order valence-electron chi connectivity index (χ1n) is 16.0. The van der Waals surface area contributed by atoms with Gasteiger partial charge in [-0.25, -0.2) is 23.5 Å². The van der Waals surface area contributed by atoms with Crippen LogP contribution in [0.25, 0.3) is 44.8 Å². The number of pyridine rings is 1. The number of nitrogens with two attached hydrogens (primary N) is 1. The quantitative estimate of drug-likeness (QED) is 0.245. The molecule has 2 bridgehead atoms. The molecule has 3 aliphatic rings. The van der Waals surface area contributed by atoms with Gasteiger partial charge in [0.25, 0.3) is 5.91 Å². The average Bonchev–Trinajstić information content (AvgIpc) is 3.43. The number of carbonyl (C=O) groups is 1. The number of likely N-dealkylation sites (tertiary alicyclic amines) is 1. The highest BCUT2D eigenvalue weighted by molar-refractivity contribution is 7.88. The zero-order chi connectivity index (χ0) is 31.9. The number of methoxy groups -OCH3 is 1. The zero-order valence-electron chi connectivity index (χ0n) is 26.3. The van der Waals surface area contributed by atoms with Crippen LogP contribution in [0.5, 0.6) is 5.75 Å². The highest BCUT2D eigenvalue weighted by Gasteiger charge is 2.46. The second kappa shape index (κ2) is 10.7. The third kappa shape index (κ3) is 4.96. The molecule has 1 aliphatic heterocycles. The maximum Gasteiger partial charge on any atom is 0.254 e. The summed E-state index contributed by atoms with van der Waals surface area (Å²) < 4.78 is 33.6. The number of sulfonamides is 1. The van der Waals surface area contributed by atoms with E-state index in [1.807, 2.05) is 43.4 Å². The molecule has 3 fully saturated rings. The fourth-order valence-electron chi connectivity index (χ4n) is 7.80. The minimum atomic E-state index is -3.65. The van der Waals surface area contributed by atoms with E-state index in [2.05, 4.69) is 33.1 Å². The number of carbonyl (C=O) groups excluding carboxylic acids is 1. The second-order valence-electron chi connectivity index (χ2n) is 13.5. The molecule has 1 saturated heterocycles. The van der Waals surface area contributed by atoms with Gasteiger partial charge in [0, 0.05) is 42.7 Å². The number of piperidine rings is 1. The Bertz CT molecular complexity index is 2150. The number of fused-ring (bicyclic) bond motifs is 4. The van der Waals surface area contributed by atoms with E-state index in [9.17, 15) is 13.2 Å². The minimum absolute atomic E-state index is 0.0548. The van der Waals surface area contributed by atoms with Crippen LogP contribution >= 0.6 is 0 Å². The molecule has 10 nitrogen and oxygen atoms in total. The fourth-order valence-corrected chi connectivity index (χ4v) is 8.44. The fraction of sp³-hybridized carbons (Fsp3) is 0.400. The summed E-state index contributed by atoms with van der Waals surface area (Å²) in [4.78, 5) is 26.1. The van der Waals surface area contributed by atoms with Gasteiger partial charge in [0.05, 0.1) is 29.8 Å². The number of nitrogens with zero attached hydrogens (tertiary/aromatic N) is 5. The van der Waals surface area contributed by atoms with Gasteiger partial charge in [0.2, 0.25) is 10.0 Å². The predicted octanol–water partition coefficient (Wildman–Crippen LogP) is 5.33. The number of amides is 1. The number of aromatic nitrogens is 4. The van der Waals surface area contributed by atoms with Crippen LogP contribution in [0.1, 0.15) is 48.5 Å². The number of hydrogen-bond donors (Lipinski definition) is 1. The summed E-state index contributed by atoms with van der Waals surface area (Å²) in [7, 11) is -0.0191. The van der Waals surface area contributed by atoms with E-state index < -0.39 is 10.0 Å². The molecule has 3 atom stereocenters. The van der Waals surface area contributed by atoms with Crippen LogP contribution in [0.15, 0.2) is 54.6 Å². The molecule has 11 heteroatoms. The summed E-state index contributed by atoms with van der Waals surface area (Å²) in [5.74, 6) is 2.95. The van der Waals surface area contributed by atoms with E-state index in [-0.39, 0.29) is 11.7 Å². The Morgan fingerprint density at radius 2 is 1.87 bits per heavy atom. The summed E-state index contributed by atoms with van der Waals surface area (Å²) in [6.45, 7) is 3.92. The van der Waals surface area contributed by atoms with Gasteiger partial charge >= 0.3 is 0 Å². The minimum Gasteiger partial charge on any atom is -0.494 e. The number of ether oxygens (including phenoxy) is 1. The average molecular weight is 639 g/mol. The third-order valence-electron chi connectivity index (χ3n) is 10.4. The van der Waals surface area contributed by atoms with Crippen LogP contribution in [0.2, 0.25) is 0 Å². The SMILES string of the molecule is COc1cc(C(=O)N2CC3CCC2[C@@H]3C)cc2nc(-c3cc4ccc(-c5cccc(CS(N)(=O)=O)c5)nc4n3CC3CC3)n(C)c12. The summed E-state index contributed by atoms with van der Waals surface area (Å²) in [6, 6.07) is 17.6. The molecule has 1 amide bonds. The number of aryl methyl sites for hydroxylation is 1. The molecule has 2 N–H and O–H groups in total. The first kappa shape index (κ1) is 29.2. The summed E-state index contributed by atoms with van der Waals surface area (Å²) in [6.07, 6.45) is 4.63. The molecule has 5 aromatic rings. The van der Waals surface area contributed by atoms with Crippen molar-refractivity contribution in [2.24, 2.45) is 29.9 Å². The van der Waals surface area contributed by atoms with E-state index in [1.54, 1.807) is 13.2 Å². The molecule has 2 unspecified atom stereocenters. The largest absolute Gasteiger partial charge is 0.494 e. The van der Waals surface area contributed by atoms with E-state index >= 15 is 0 Å². The molecular weight excluding hydrogens is 600 g/mol. The molecule has 2 aromatic carbocycles. The molecule has 46 heavy (non-hydrogen) atoms. The molecule has 0 spiro atoms. The zero-order valence-corrected chi connectivity index (χ0v) is 27.1. The maximum absolute atomic E-state index is 13.8. The first-order valence-corrected chi connectivity index (χ1v) is 17.8. The van der Waals surface area contributed by atoms with Gasteiger partial charge in [0.1, 0.15) is 16.9 Å². The molecule has 0 radical (unpaired) electrons. The van der Waals surface area contributed by atoms with E-state index in [0.29, 0.717) is 40.7 Å². The predicted molar refractivity (Wildman–Crippen MR) is 178 cm³/mol. The number of rotatable bonds is 8. The van der Waals surface area contributed by atoms with Crippen LogP contribution in [0.4, 0.5) is 0 Å². The van der Waals surface area contributed by atoms with Gasteiger partial charge in [-0.15, -0.1) is 0 Å². The van der Waals surface area contributed by atoms with E-state index in [1.165, 1.54) is 19.3 Å². The van der Waals surface area contributed by atoms with Crippen LogP contribution < -0.4 is 9.88 Å². The lowest BCUT2D eigenvalue weighted by Gasteiger charge is -2.27. The molecule has 238 valence electrons. The van der Waals surface area contributed by atoms with Gasteiger partial charge in [-0.05, 0) is 85.4 Å². The Kier molecular flexibility index (Phi) is 6.77. The molecule has 2 aliphatic carbocycles. The smallest absolute Gasteiger partial charge is 0.254 e. The van der Waals surface area contributed by atoms with Gasteiger partial charge in [-0.1, -0.05) is 25.1 Å². The van der Waals surface area contributed by atoms with Crippen LogP contribution in [-0.4, -0.2) is 58.0 Å².